The van der Waals surface area contributed by atoms with E-state index in [1.165, 1.54) is 15.6 Å². The van der Waals surface area contributed by atoms with Crippen LogP contribution in [0.25, 0.3) is 26.3 Å². The van der Waals surface area contributed by atoms with Crippen LogP contribution in [-0.4, -0.2) is 58.1 Å². The van der Waals surface area contributed by atoms with E-state index in [1.807, 2.05) is 6.07 Å². The van der Waals surface area contributed by atoms with Gasteiger partial charge in [0, 0.05) is 22.9 Å². The number of nitrogens with two attached hydrogens (primary N) is 1. The number of nitrogens with one attached hydrogen (secondary N) is 1. The monoisotopic (exact) mass is 503 g/mol. The molecule has 3 heterocycles. The molecule has 0 spiro atoms. The standard InChI is InChI=1S/C22H25N5O5S2/c1-2-12-3-4-17-13(7-12)9-18(33-17)15-10-20-24-6-5-19(27(20)26-15)25-16-8-14(21(28)22(16)29)11-32-34(23,30)31/h3-7,9-10,14,16,21-22,25,28-29H,2,8,11H2,1H3,(H2,23,30,31). The Bertz CT molecular complexity index is 1450. The van der Waals surface area contributed by atoms with Crippen molar-refractivity contribution in [2.75, 3.05) is 11.9 Å². The molecule has 1 aliphatic rings. The lowest BCUT2D eigenvalue weighted by Gasteiger charge is -2.19. The van der Waals surface area contributed by atoms with E-state index >= 15 is 0 Å². The summed E-state index contributed by atoms with van der Waals surface area (Å²) in [6.45, 7) is 1.82. The topological polar surface area (TPSA) is 152 Å². The summed E-state index contributed by atoms with van der Waals surface area (Å²) in [5.74, 6) is -0.00205. The van der Waals surface area contributed by atoms with E-state index in [2.05, 4.69) is 45.7 Å². The lowest BCUT2D eigenvalue weighted by atomic mass is 10.1. The van der Waals surface area contributed by atoms with Gasteiger partial charge >= 0.3 is 10.3 Å². The van der Waals surface area contributed by atoms with Crippen molar-refractivity contribution in [3.63, 3.8) is 0 Å². The fourth-order valence-corrected chi connectivity index (χ4v) is 5.73. The molecule has 1 aliphatic carbocycles. The summed E-state index contributed by atoms with van der Waals surface area (Å²) in [6.07, 6.45) is 0.622. The first-order chi connectivity index (χ1) is 16.2. The third-order valence-electron chi connectivity index (χ3n) is 6.18. The van der Waals surface area contributed by atoms with Crippen LogP contribution in [0.5, 0.6) is 0 Å². The zero-order valence-corrected chi connectivity index (χ0v) is 20.0. The van der Waals surface area contributed by atoms with E-state index in [0.29, 0.717) is 11.5 Å². The van der Waals surface area contributed by atoms with Crippen LogP contribution in [0.1, 0.15) is 18.9 Å². The number of rotatable bonds is 7. The molecule has 3 aromatic heterocycles. The van der Waals surface area contributed by atoms with Gasteiger partial charge in [-0.25, -0.2) is 10.1 Å². The smallest absolute Gasteiger partial charge is 0.333 e. The second-order valence-electron chi connectivity index (χ2n) is 8.47. The number of hydrogen-bond acceptors (Lipinski definition) is 9. The van der Waals surface area contributed by atoms with Crippen LogP contribution in [0.4, 0.5) is 5.82 Å². The number of aliphatic hydroxyl groups is 2. The molecule has 0 amide bonds. The molecular weight excluding hydrogens is 478 g/mol. The Morgan fingerprint density at radius 1 is 1.24 bits per heavy atom. The molecule has 12 heteroatoms. The van der Waals surface area contributed by atoms with Gasteiger partial charge in [-0.05, 0) is 42.0 Å². The van der Waals surface area contributed by atoms with E-state index in [-0.39, 0.29) is 13.0 Å². The van der Waals surface area contributed by atoms with E-state index < -0.39 is 34.5 Å². The predicted octanol–water partition coefficient (Wildman–Crippen LogP) is 1.92. The summed E-state index contributed by atoms with van der Waals surface area (Å²) < 4.78 is 29.6. The number of nitrogens with zero attached hydrogens (tertiary/aromatic N) is 3. The summed E-state index contributed by atoms with van der Waals surface area (Å²) in [4.78, 5) is 5.43. The molecule has 4 atom stereocenters. The summed E-state index contributed by atoms with van der Waals surface area (Å²) in [5, 5.41) is 34.8. The van der Waals surface area contributed by atoms with Gasteiger partial charge in [0.1, 0.15) is 17.6 Å². The molecule has 4 aromatic rings. The maximum Gasteiger partial charge on any atom is 0.333 e. The zero-order chi connectivity index (χ0) is 24.0. The number of aryl methyl sites for hydroxylation is 1. The Labute approximate surface area is 200 Å². The molecule has 1 saturated carbocycles. The van der Waals surface area contributed by atoms with Crippen LogP contribution in [-0.2, 0) is 20.9 Å². The third kappa shape index (κ3) is 4.52. The van der Waals surface area contributed by atoms with Crippen LogP contribution >= 0.6 is 11.3 Å². The van der Waals surface area contributed by atoms with E-state index in [9.17, 15) is 18.6 Å². The molecule has 0 bridgehead atoms. The normalized spacial score (nSPS) is 23.2. The number of benzene rings is 1. The number of thiophene rings is 1. The highest BCUT2D eigenvalue weighted by atomic mass is 32.2. The minimum atomic E-state index is -4.13. The second kappa shape index (κ2) is 8.87. The molecule has 180 valence electrons. The SMILES string of the molecule is CCc1ccc2sc(-c3cc4nccc(NC5CC(COS(N)(=O)=O)C(O)C5O)n4n3)cc2c1. The minimum absolute atomic E-state index is 0.284. The number of aromatic nitrogens is 3. The average molecular weight is 504 g/mol. The third-order valence-corrected chi connectivity index (χ3v) is 7.78. The van der Waals surface area contributed by atoms with Crippen molar-refractivity contribution in [2.24, 2.45) is 11.1 Å². The molecule has 0 saturated heterocycles. The number of fused-ring (bicyclic) bond motifs is 2. The summed E-state index contributed by atoms with van der Waals surface area (Å²) in [7, 11) is -4.13. The van der Waals surface area contributed by atoms with Crippen LogP contribution in [0, 0.1) is 5.92 Å². The molecule has 4 unspecified atom stereocenters. The van der Waals surface area contributed by atoms with Crippen molar-refractivity contribution >= 4 is 43.2 Å². The highest BCUT2D eigenvalue weighted by Gasteiger charge is 2.42. The van der Waals surface area contributed by atoms with Crippen molar-refractivity contribution in [3.8, 4) is 10.6 Å². The van der Waals surface area contributed by atoms with Gasteiger partial charge in [-0.15, -0.1) is 11.3 Å². The molecule has 5 rings (SSSR count). The van der Waals surface area contributed by atoms with Gasteiger partial charge in [-0.3, -0.25) is 4.18 Å². The van der Waals surface area contributed by atoms with Crippen molar-refractivity contribution in [1.29, 1.82) is 0 Å². The zero-order valence-electron chi connectivity index (χ0n) is 18.3. The van der Waals surface area contributed by atoms with E-state index in [1.54, 1.807) is 28.1 Å². The molecule has 0 aliphatic heterocycles. The lowest BCUT2D eigenvalue weighted by Crippen LogP contribution is -2.36. The lowest BCUT2D eigenvalue weighted by molar-refractivity contribution is 0.00777. The van der Waals surface area contributed by atoms with Crippen molar-refractivity contribution in [2.45, 2.75) is 38.0 Å². The number of aliphatic hydroxyl groups excluding tert-OH is 2. The Morgan fingerprint density at radius 2 is 2.06 bits per heavy atom. The largest absolute Gasteiger partial charge is 0.390 e. The van der Waals surface area contributed by atoms with Crippen LogP contribution in [0.15, 0.2) is 42.6 Å². The van der Waals surface area contributed by atoms with Gasteiger partial charge in [-0.1, -0.05) is 19.1 Å². The average Bonchev–Trinajstić information content (AvgIpc) is 3.49. The van der Waals surface area contributed by atoms with Crippen molar-refractivity contribution < 1.29 is 22.8 Å². The number of anilines is 1. The van der Waals surface area contributed by atoms with Crippen LogP contribution in [0.3, 0.4) is 0 Å². The second-order valence-corrected chi connectivity index (χ2v) is 10.8. The van der Waals surface area contributed by atoms with Gasteiger partial charge in [0.2, 0.25) is 0 Å². The van der Waals surface area contributed by atoms with Crippen molar-refractivity contribution in [1.82, 2.24) is 14.6 Å². The predicted molar refractivity (Wildman–Crippen MR) is 130 cm³/mol. The Kier molecular flexibility index (Phi) is 6.04. The number of hydrogen-bond donors (Lipinski definition) is 4. The van der Waals surface area contributed by atoms with E-state index in [0.717, 1.165) is 17.0 Å². The Balaban J connectivity index is 1.40. The molecule has 5 N–H and O–H groups in total. The summed E-state index contributed by atoms with van der Waals surface area (Å²) in [6, 6.07) is 11.7. The first-order valence-electron chi connectivity index (χ1n) is 10.9. The molecule has 1 fully saturated rings. The van der Waals surface area contributed by atoms with E-state index in [4.69, 9.17) is 10.2 Å². The van der Waals surface area contributed by atoms with Gasteiger partial charge in [0.25, 0.3) is 0 Å². The van der Waals surface area contributed by atoms with Gasteiger partial charge in [0.05, 0.1) is 23.6 Å². The minimum Gasteiger partial charge on any atom is -0.390 e. The molecular formula is C22H25N5O5S2. The quantitative estimate of drug-likeness (QED) is 0.298. The highest BCUT2D eigenvalue weighted by Crippen LogP contribution is 2.35. The fraction of sp³-hybridized carbons (Fsp3) is 0.364. The van der Waals surface area contributed by atoms with Crippen LogP contribution in [0.2, 0.25) is 0 Å². The first kappa shape index (κ1) is 23.1. The maximum absolute atomic E-state index is 11.1. The summed E-state index contributed by atoms with van der Waals surface area (Å²) >= 11 is 1.66. The van der Waals surface area contributed by atoms with Gasteiger partial charge in [0.15, 0.2) is 5.65 Å². The molecule has 10 nitrogen and oxygen atoms in total. The van der Waals surface area contributed by atoms with Gasteiger partial charge in [-0.2, -0.15) is 18.0 Å². The highest BCUT2D eigenvalue weighted by molar-refractivity contribution is 7.84. The van der Waals surface area contributed by atoms with Gasteiger partial charge < -0.3 is 15.5 Å². The van der Waals surface area contributed by atoms with Crippen molar-refractivity contribution in [3.05, 3.63) is 48.2 Å². The maximum atomic E-state index is 11.1. The Morgan fingerprint density at radius 3 is 2.82 bits per heavy atom. The van der Waals surface area contributed by atoms with Crippen LogP contribution < -0.4 is 10.5 Å². The molecule has 0 radical (unpaired) electrons. The first-order valence-corrected chi connectivity index (χ1v) is 13.2. The molecule has 1 aromatic carbocycles. The summed E-state index contributed by atoms with van der Waals surface area (Å²) in [5.41, 5.74) is 2.70. The Hall–Kier alpha value is -2.61. The fourth-order valence-electron chi connectivity index (χ4n) is 4.37. The molecule has 34 heavy (non-hydrogen) atoms.